The molecule has 2 aromatic heterocycles. The number of imidazole rings is 1. The van der Waals surface area contributed by atoms with Crippen LogP contribution in [-0.2, 0) is 0 Å². The van der Waals surface area contributed by atoms with E-state index in [1.54, 1.807) is 6.20 Å². The monoisotopic (exact) mass is 349 g/mol. The fourth-order valence-corrected chi connectivity index (χ4v) is 3.80. The Labute approximate surface area is 153 Å². The first-order valence-corrected chi connectivity index (χ1v) is 9.03. The van der Waals surface area contributed by atoms with Crippen molar-refractivity contribution in [2.24, 2.45) is 0 Å². The van der Waals surface area contributed by atoms with E-state index < -0.39 is 0 Å². The Morgan fingerprint density at radius 2 is 2.00 bits per heavy atom. The number of aromatic nitrogens is 4. The number of hydrogen-bond donors (Lipinski definition) is 0. The molecule has 1 saturated heterocycles. The number of amides is 1. The second kappa shape index (κ2) is 6.78. The van der Waals surface area contributed by atoms with Gasteiger partial charge in [0.25, 0.3) is 5.91 Å². The minimum atomic E-state index is 0.0759. The number of benzene rings is 1. The largest absolute Gasteiger partial charge is 0.336 e. The van der Waals surface area contributed by atoms with Crippen LogP contribution in [0.25, 0.3) is 5.69 Å². The van der Waals surface area contributed by atoms with E-state index in [9.17, 15) is 4.79 Å². The molecule has 0 bridgehead atoms. The Morgan fingerprint density at radius 1 is 1.19 bits per heavy atom. The normalized spacial score (nSPS) is 17.5. The SMILES string of the molecule is Cc1nn(-c2ccccc2)c(C)c1C(=O)N1CCC[C@H](n2ccnc2)C1. The molecule has 1 fully saturated rings. The molecule has 1 atom stereocenters. The van der Waals surface area contributed by atoms with Crippen LogP contribution in [-0.4, -0.2) is 43.2 Å². The molecule has 1 aliphatic heterocycles. The summed E-state index contributed by atoms with van der Waals surface area (Å²) in [6.45, 7) is 5.39. The molecule has 134 valence electrons. The Morgan fingerprint density at radius 3 is 2.73 bits per heavy atom. The second-order valence-electron chi connectivity index (χ2n) is 6.85. The minimum absolute atomic E-state index is 0.0759. The third-order valence-corrected chi connectivity index (χ3v) is 5.14. The van der Waals surface area contributed by atoms with Gasteiger partial charge < -0.3 is 9.47 Å². The molecule has 26 heavy (non-hydrogen) atoms. The molecule has 3 aromatic rings. The second-order valence-corrected chi connectivity index (χ2v) is 6.85. The zero-order valence-corrected chi connectivity index (χ0v) is 15.2. The first-order chi connectivity index (χ1) is 12.6. The first-order valence-electron chi connectivity index (χ1n) is 9.03. The molecule has 1 aromatic carbocycles. The van der Waals surface area contributed by atoms with Crippen LogP contribution in [0.5, 0.6) is 0 Å². The summed E-state index contributed by atoms with van der Waals surface area (Å²) in [6.07, 6.45) is 7.67. The van der Waals surface area contributed by atoms with Gasteiger partial charge in [-0.05, 0) is 38.8 Å². The van der Waals surface area contributed by atoms with Gasteiger partial charge in [0.15, 0.2) is 0 Å². The number of carbonyl (C=O) groups excluding carboxylic acids is 1. The molecule has 6 heteroatoms. The van der Waals surface area contributed by atoms with Gasteiger partial charge in [0, 0.05) is 25.5 Å². The van der Waals surface area contributed by atoms with Crippen LogP contribution in [0.4, 0.5) is 0 Å². The lowest BCUT2D eigenvalue weighted by Gasteiger charge is -2.33. The molecule has 0 N–H and O–H groups in total. The molecule has 4 rings (SSSR count). The van der Waals surface area contributed by atoms with E-state index >= 15 is 0 Å². The van der Waals surface area contributed by atoms with E-state index in [0.29, 0.717) is 12.6 Å². The van der Waals surface area contributed by atoms with E-state index in [1.807, 2.05) is 66.3 Å². The Hall–Kier alpha value is -2.89. The maximum Gasteiger partial charge on any atom is 0.257 e. The number of rotatable bonds is 3. The van der Waals surface area contributed by atoms with Gasteiger partial charge in [-0.25, -0.2) is 9.67 Å². The van der Waals surface area contributed by atoms with Crippen molar-refractivity contribution >= 4 is 5.91 Å². The summed E-state index contributed by atoms with van der Waals surface area (Å²) in [5, 5.41) is 4.62. The van der Waals surface area contributed by atoms with Crippen molar-refractivity contribution in [3.63, 3.8) is 0 Å². The lowest BCUT2D eigenvalue weighted by atomic mass is 10.0. The first kappa shape index (κ1) is 16.6. The van der Waals surface area contributed by atoms with Gasteiger partial charge in [-0.2, -0.15) is 5.10 Å². The highest BCUT2D eigenvalue weighted by Crippen LogP contribution is 2.25. The van der Waals surface area contributed by atoms with Gasteiger partial charge in [0.05, 0.1) is 35.0 Å². The van der Waals surface area contributed by atoms with Crippen molar-refractivity contribution in [2.45, 2.75) is 32.7 Å². The van der Waals surface area contributed by atoms with Crippen LogP contribution in [0.1, 0.15) is 40.6 Å². The van der Waals surface area contributed by atoms with Crippen LogP contribution >= 0.6 is 0 Å². The minimum Gasteiger partial charge on any atom is -0.336 e. The topological polar surface area (TPSA) is 56.0 Å². The average Bonchev–Trinajstić information content (AvgIpc) is 3.30. The number of aryl methyl sites for hydroxylation is 1. The zero-order chi connectivity index (χ0) is 18.1. The molecule has 0 spiro atoms. The zero-order valence-electron chi connectivity index (χ0n) is 15.2. The predicted molar refractivity (Wildman–Crippen MR) is 99.4 cm³/mol. The summed E-state index contributed by atoms with van der Waals surface area (Å²) in [6, 6.07) is 10.2. The molecule has 0 radical (unpaired) electrons. The van der Waals surface area contributed by atoms with E-state index in [2.05, 4.69) is 14.6 Å². The van der Waals surface area contributed by atoms with E-state index in [4.69, 9.17) is 0 Å². The van der Waals surface area contributed by atoms with E-state index in [-0.39, 0.29) is 5.91 Å². The number of carbonyl (C=O) groups is 1. The third-order valence-electron chi connectivity index (χ3n) is 5.14. The third kappa shape index (κ3) is 2.92. The maximum absolute atomic E-state index is 13.2. The van der Waals surface area contributed by atoms with Gasteiger partial charge >= 0.3 is 0 Å². The summed E-state index contributed by atoms with van der Waals surface area (Å²) >= 11 is 0. The number of likely N-dealkylation sites (tertiary alicyclic amines) is 1. The molecule has 6 nitrogen and oxygen atoms in total. The number of piperidine rings is 1. The molecular formula is C20H23N5O. The fraction of sp³-hybridized carbons (Fsp3) is 0.350. The number of para-hydroxylation sites is 1. The molecule has 0 saturated carbocycles. The van der Waals surface area contributed by atoms with Gasteiger partial charge in [-0.3, -0.25) is 4.79 Å². The van der Waals surface area contributed by atoms with Crippen LogP contribution in [0.3, 0.4) is 0 Å². The smallest absolute Gasteiger partial charge is 0.257 e. The van der Waals surface area contributed by atoms with Gasteiger partial charge in [0.2, 0.25) is 0 Å². The molecule has 0 aliphatic carbocycles. The fourth-order valence-electron chi connectivity index (χ4n) is 3.80. The lowest BCUT2D eigenvalue weighted by Crippen LogP contribution is -2.40. The summed E-state index contributed by atoms with van der Waals surface area (Å²) in [5.74, 6) is 0.0759. The van der Waals surface area contributed by atoms with Crippen LogP contribution < -0.4 is 0 Å². The average molecular weight is 349 g/mol. The number of hydrogen-bond acceptors (Lipinski definition) is 3. The molecular weight excluding hydrogens is 326 g/mol. The van der Waals surface area contributed by atoms with Gasteiger partial charge in [-0.15, -0.1) is 0 Å². The molecule has 0 unspecified atom stereocenters. The summed E-state index contributed by atoms with van der Waals surface area (Å²) < 4.78 is 3.96. The van der Waals surface area contributed by atoms with E-state index in [0.717, 1.165) is 42.0 Å². The molecule has 1 amide bonds. The van der Waals surface area contributed by atoms with Crippen LogP contribution in [0.2, 0.25) is 0 Å². The van der Waals surface area contributed by atoms with E-state index in [1.165, 1.54) is 0 Å². The summed E-state index contributed by atoms with van der Waals surface area (Å²) in [5.41, 5.74) is 3.37. The van der Waals surface area contributed by atoms with Gasteiger partial charge in [-0.1, -0.05) is 18.2 Å². The Bertz CT molecular complexity index is 898. The predicted octanol–water partition coefficient (Wildman–Crippen LogP) is 3.16. The Balaban J connectivity index is 1.61. The van der Waals surface area contributed by atoms with Crippen molar-refractivity contribution in [2.75, 3.05) is 13.1 Å². The van der Waals surface area contributed by atoms with Crippen molar-refractivity contribution in [1.82, 2.24) is 24.2 Å². The summed E-state index contributed by atoms with van der Waals surface area (Å²) in [4.78, 5) is 19.3. The standard InChI is InChI=1S/C20H23N5O/c1-15-19(16(2)25(22-15)17-7-4-3-5-8-17)20(26)23-11-6-9-18(13-23)24-12-10-21-14-24/h3-5,7-8,10,12,14,18H,6,9,11,13H2,1-2H3/t18-/m0/s1. The van der Waals surface area contributed by atoms with Crippen molar-refractivity contribution in [3.8, 4) is 5.69 Å². The maximum atomic E-state index is 13.2. The van der Waals surface area contributed by atoms with Crippen LogP contribution in [0, 0.1) is 13.8 Å². The highest BCUT2D eigenvalue weighted by atomic mass is 16.2. The van der Waals surface area contributed by atoms with Gasteiger partial charge in [0.1, 0.15) is 0 Å². The molecule has 1 aliphatic rings. The Kier molecular flexibility index (Phi) is 4.32. The highest BCUT2D eigenvalue weighted by molar-refractivity contribution is 5.96. The quantitative estimate of drug-likeness (QED) is 0.730. The number of nitrogens with zero attached hydrogens (tertiary/aromatic N) is 5. The van der Waals surface area contributed by atoms with Crippen molar-refractivity contribution in [3.05, 3.63) is 66.0 Å². The van der Waals surface area contributed by atoms with Crippen molar-refractivity contribution in [1.29, 1.82) is 0 Å². The van der Waals surface area contributed by atoms with Crippen molar-refractivity contribution < 1.29 is 4.79 Å². The highest BCUT2D eigenvalue weighted by Gasteiger charge is 2.29. The summed E-state index contributed by atoms with van der Waals surface area (Å²) in [7, 11) is 0. The van der Waals surface area contributed by atoms with Crippen LogP contribution in [0.15, 0.2) is 49.1 Å². The lowest BCUT2D eigenvalue weighted by molar-refractivity contribution is 0.0678. The molecule has 3 heterocycles.